The Morgan fingerprint density at radius 3 is 1.75 bits per heavy atom. The molecular formula is C55H36N2. The molecule has 0 saturated heterocycles. The first kappa shape index (κ1) is 31.9. The van der Waals surface area contributed by atoms with Crippen LogP contribution >= 0.6 is 0 Å². The van der Waals surface area contributed by atoms with Crippen LogP contribution in [0.2, 0.25) is 0 Å². The molecule has 0 amide bonds. The maximum absolute atomic E-state index is 2.52. The molecule has 12 rings (SSSR count). The lowest BCUT2D eigenvalue weighted by molar-refractivity contribution is 0.748. The fourth-order valence-electron chi connectivity index (χ4n) is 10.1. The number of para-hydroxylation sites is 4. The minimum Gasteiger partial charge on any atom is -0.310 e. The molecule has 10 aromatic rings. The van der Waals surface area contributed by atoms with Gasteiger partial charge in [-0.3, -0.25) is 0 Å². The summed E-state index contributed by atoms with van der Waals surface area (Å²) in [5, 5.41) is 2.57. The molecule has 1 aromatic heterocycles. The van der Waals surface area contributed by atoms with Gasteiger partial charge in [0, 0.05) is 27.7 Å². The molecule has 266 valence electrons. The Kier molecular flexibility index (Phi) is 6.88. The first-order valence-electron chi connectivity index (χ1n) is 19.8. The van der Waals surface area contributed by atoms with Crippen LogP contribution in [0.3, 0.4) is 0 Å². The zero-order valence-corrected chi connectivity index (χ0v) is 31.2. The Morgan fingerprint density at radius 1 is 0.351 bits per heavy atom. The van der Waals surface area contributed by atoms with E-state index in [4.69, 9.17) is 0 Å². The standard InChI is InChI=1S/C55H36N2/c1-3-16-37(17-4-1)38-30-32-40(33-31-38)56(51-27-12-8-20-42(51)39-18-5-2-6-19-39)41-34-35-44-43-21-7-10-24-47(43)55(50(44)36-41)48-25-11-14-29-53(48)57-52-28-13-9-22-45(52)46-23-15-26-49(55)54(46)57/h1-36H. The lowest BCUT2D eigenvalue weighted by Gasteiger charge is -2.40. The van der Waals surface area contributed by atoms with Crippen LogP contribution in [-0.2, 0) is 5.41 Å². The zero-order chi connectivity index (χ0) is 37.5. The third kappa shape index (κ3) is 4.47. The summed E-state index contributed by atoms with van der Waals surface area (Å²) in [6.45, 7) is 0. The SMILES string of the molecule is c1ccc(-c2ccc(N(c3ccc4c(c3)C3(c5ccccc5-4)c4ccccc4-n4c5ccccc5c5cccc3c54)c3ccccc3-c3ccccc3)cc2)cc1. The molecule has 1 atom stereocenters. The average Bonchev–Trinajstić information content (AvgIpc) is 3.78. The molecule has 1 aliphatic heterocycles. The van der Waals surface area contributed by atoms with E-state index in [1.54, 1.807) is 0 Å². The minimum absolute atomic E-state index is 0.537. The molecule has 1 unspecified atom stereocenters. The van der Waals surface area contributed by atoms with Gasteiger partial charge in [-0.15, -0.1) is 0 Å². The van der Waals surface area contributed by atoms with Gasteiger partial charge in [0.25, 0.3) is 0 Å². The number of hydrogen-bond acceptors (Lipinski definition) is 1. The molecule has 1 aliphatic carbocycles. The van der Waals surface area contributed by atoms with Crippen molar-refractivity contribution in [1.29, 1.82) is 0 Å². The van der Waals surface area contributed by atoms with E-state index in [2.05, 4.69) is 228 Å². The highest BCUT2D eigenvalue weighted by Crippen LogP contribution is 2.61. The number of hydrogen-bond donors (Lipinski definition) is 0. The highest BCUT2D eigenvalue weighted by atomic mass is 15.1. The fraction of sp³-hybridized carbons (Fsp3) is 0.0182. The monoisotopic (exact) mass is 724 g/mol. The van der Waals surface area contributed by atoms with Crippen molar-refractivity contribution in [3.05, 3.63) is 241 Å². The van der Waals surface area contributed by atoms with Crippen molar-refractivity contribution in [2.75, 3.05) is 4.90 Å². The Labute approximate surface area is 332 Å². The van der Waals surface area contributed by atoms with Gasteiger partial charge in [0.15, 0.2) is 0 Å². The third-order valence-electron chi connectivity index (χ3n) is 12.4. The van der Waals surface area contributed by atoms with Crippen LogP contribution in [0.15, 0.2) is 218 Å². The maximum atomic E-state index is 2.52. The fourth-order valence-corrected chi connectivity index (χ4v) is 10.1. The van der Waals surface area contributed by atoms with Gasteiger partial charge in [0.05, 0.1) is 27.8 Å². The van der Waals surface area contributed by atoms with Crippen molar-refractivity contribution in [1.82, 2.24) is 4.57 Å². The topological polar surface area (TPSA) is 8.17 Å². The molecule has 0 N–H and O–H groups in total. The van der Waals surface area contributed by atoms with Crippen LogP contribution in [0.25, 0.3) is 60.9 Å². The number of anilines is 3. The highest BCUT2D eigenvalue weighted by molar-refractivity contribution is 6.13. The number of benzene rings is 9. The van der Waals surface area contributed by atoms with Crippen LogP contribution in [0.5, 0.6) is 0 Å². The summed E-state index contributed by atoms with van der Waals surface area (Å²) in [5.74, 6) is 0. The quantitative estimate of drug-likeness (QED) is 0.172. The second kappa shape index (κ2) is 12.3. The summed E-state index contributed by atoms with van der Waals surface area (Å²) in [6.07, 6.45) is 0. The second-order valence-corrected chi connectivity index (χ2v) is 15.2. The predicted octanol–water partition coefficient (Wildman–Crippen LogP) is 14.3. The van der Waals surface area contributed by atoms with Gasteiger partial charge >= 0.3 is 0 Å². The van der Waals surface area contributed by atoms with E-state index in [-0.39, 0.29) is 0 Å². The van der Waals surface area contributed by atoms with Crippen molar-refractivity contribution in [3.63, 3.8) is 0 Å². The summed E-state index contributed by atoms with van der Waals surface area (Å²) in [7, 11) is 0. The molecule has 0 radical (unpaired) electrons. The second-order valence-electron chi connectivity index (χ2n) is 15.2. The van der Waals surface area contributed by atoms with Gasteiger partial charge < -0.3 is 9.47 Å². The summed E-state index contributed by atoms with van der Waals surface area (Å²) in [6, 6.07) is 80.5. The highest BCUT2D eigenvalue weighted by Gasteiger charge is 2.51. The molecule has 0 fully saturated rings. The van der Waals surface area contributed by atoms with E-state index in [0.29, 0.717) is 0 Å². The van der Waals surface area contributed by atoms with E-state index >= 15 is 0 Å². The van der Waals surface area contributed by atoms with Crippen LogP contribution in [0, 0.1) is 0 Å². The van der Waals surface area contributed by atoms with Crippen LogP contribution in [-0.4, -0.2) is 4.57 Å². The van der Waals surface area contributed by atoms with Gasteiger partial charge in [0.2, 0.25) is 0 Å². The van der Waals surface area contributed by atoms with Crippen molar-refractivity contribution < 1.29 is 0 Å². The predicted molar refractivity (Wildman–Crippen MR) is 237 cm³/mol. The maximum Gasteiger partial charge on any atom is 0.0755 e. The Hall–Kier alpha value is -7.42. The Balaban J connectivity index is 1.16. The van der Waals surface area contributed by atoms with Crippen LogP contribution in [0.4, 0.5) is 17.1 Å². The molecule has 0 saturated carbocycles. The van der Waals surface area contributed by atoms with Gasteiger partial charge in [-0.25, -0.2) is 0 Å². The summed E-state index contributed by atoms with van der Waals surface area (Å²) >= 11 is 0. The summed E-state index contributed by atoms with van der Waals surface area (Å²) in [5.41, 5.74) is 19.2. The van der Waals surface area contributed by atoms with Gasteiger partial charge in [-0.2, -0.15) is 0 Å². The summed E-state index contributed by atoms with van der Waals surface area (Å²) < 4.78 is 2.52. The number of fused-ring (bicyclic) bond motifs is 12. The Bertz CT molecular complexity index is 3180. The Morgan fingerprint density at radius 2 is 0.930 bits per heavy atom. The molecule has 1 spiro atoms. The lowest BCUT2D eigenvalue weighted by Crippen LogP contribution is -2.33. The largest absolute Gasteiger partial charge is 0.310 e. The number of rotatable bonds is 5. The number of nitrogens with zero attached hydrogens (tertiary/aromatic N) is 2. The van der Waals surface area contributed by atoms with Gasteiger partial charge in [0.1, 0.15) is 0 Å². The van der Waals surface area contributed by atoms with Crippen LogP contribution < -0.4 is 4.90 Å². The molecule has 2 nitrogen and oxygen atoms in total. The van der Waals surface area contributed by atoms with E-state index in [1.165, 1.54) is 83.1 Å². The average molecular weight is 725 g/mol. The third-order valence-corrected chi connectivity index (χ3v) is 12.4. The van der Waals surface area contributed by atoms with Crippen LogP contribution in [0.1, 0.15) is 22.3 Å². The normalized spacial score (nSPS) is 14.7. The van der Waals surface area contributed by atoms with Crippen molar-refractivity contribution in [3.8, 4) is 39.1 Å². The molecule has 0 bridgehead atoms. The summed E-state index contributed by atoms with van der Waals surface area (Å²) in [4.78, 5) is 2.46. The number of aromatic nitrogens is 1. The smallest absolute Gasteiger partial charge is 0.0755 e. The molecule has 2 aliphatic rings. The zero-order valence-electron chi connectivity index (χ0n) is 31.2. The molecule has 57 heavy (non-hydrogen) atoms. The van der Waals surface area contributed by atoms with Crippen molar-refractivity contribution >= 4 is 38.9 Å². The first-order chi connectivity index (χ1) is 28.3. The van der Waals surface area contributed by atoms with E-state index in [0.717, 1.165) is 17.1 Å². The van der Waals surface area contributed by atoms with E-state index in [9.17, 15) is 0 Å². The van der Waals surface area contributed by atoms with Crippen molar-refractivity contribution in [2.45, 2.75) is 5.41 Å². The minimum atomic E-state index is -0.537. The van der Waals surface area contributed by atoms with Crippen molar-refractivity contribution in [2.24, 2.45) is 0 Å². The molecule has 2 heterocycles. The molecular weight excluding hydrogens is 689 g/mol. The van der Waals surface area contributed by atoms with E-state index < -0.39 is 5.41 Å². The lowest BCUT2D eigenvalue weighted by atomic mass is 9.65. The first-order valence-corrected chi connectivity index (χ1v) is 19.8. The molecule has 2 heteroatoms. The van der Waals surface area contributed by atoms with Gasteiger partial charge in [-0.1, -0.05) is 176 Å². The van der Waals surface area contributed by atoms with E-state index in [1.807, 2.05) is 0 Å². The molecule has 9 aromatic carbocycles. The van der Waals surface area contributed by atoms with Gasteiger partial charge in [-0.05, 0) is 92.5 Å².